The van der Waals surface area contributed by atoms with Gasteiger partial charge in [0.05, 0.1) is 28.8 Å². The van der Waals surface area contributed by atoms with E-state index in [2.05, 4.69) is 24.1 Å². The lowest BCUT2D eigenvalue weighted by atomic mass is 9.83. The van der Waals surface area contributed by atoms with Crippen LogP contribution in [0.15, 0.2) is 101 Å². The zero-order valence-electron chi connectivity index (χ0n) is 28.3. The Kier molecular flexibility index (Phi) is 9.54. The number of carbonyl (C=O) groups is 4. The Labute approximate surface area is 303 Å². The Morgan fingerprint density at radius 3 is 2.25 bits per heavy atom. The van der Waals surface area contributed by atoms with Crippen LogP contribution in [0.1, 0.15) is 47.5 Å². The highest BCUT2D eigenvalue weighted by molar-refractivity contribution is 8.00. The molecule has 4 aromatic carbocycles. The molecule has 3 atom stereocenters. The Morgan fingerprint density at radius 1 is 0.843 bits per heavy atom. The summed E-state index contributed by atoms with van der Waals surface area (Å²) in [7, 11) is 0. The van der Waals surface area contributed by atoms with Gasteiger partial charge in [0.25, 0.3) is 0 Å². The van der Waals surface area contributed by atoms with Crippen LogP contribution < -0.4 is 20.0 Å². The van der Waals surface area contributed by atoms with Crippen LogP contribution in [-0.4, -0.2) is 53.2 Å². The second-order valence-electron chi connectivity index (χ2n) is 12.3. The number of nitrogens with one attached hydrogen (secondary N) is 1. The van der Waals surface area contributed by atoms with Crippen molar-refractivity contribution in [3.63, 3.8) is 0 Å². The van der Waals surface area contributed by atoms with Gasteiger partial charge in [-0.15, -0.1) is 0 Å². The number of imide groups is 1. The van der Waals surface area contributed by atoms with Gasteiger partial charge in [-0.1, -0.05) is 71.6 Å². The van der Waals surface area contributed by atoms with Crippen molar-refractivity contribution in [2.75, 3.05) is 34.8 Å². The predicted octanol–water partition coefficient (Wildman–Crippen LogP) is 6.52. The molecule has 5 aromatic rings. The highest BCUT2D eigenvalue weighted by atomic mass is 32.2. The lowest BCUT2D eigenvalue weighted by Crippen LogP contribution is -2.33. The zero-order valence-corrected chi connectivity index (χ0v) is 30.0. The normalized spacial score (nSPS) is 18.0. The standard InChI is InChI=1S/C39H36N4O6S2/c1-4-41(5-2)26-18-14-24(15-19-26)31-32-33(36(46)43(35(32)45)27-20-16-25(17-21-27)38(47)49-6-3)50-37-34(31)51-39(48)42(37)22-30(44)40-29-13-9-11-23-10-7-8-12-28(23)29/h7-21,31-33H,4-6,22H2,1-3H3,(H,40,44)/t31-,32?,33?/m1/s1. The Balaban J connectivity index is 1.26. The first kappa shape index (κ1) is 34.3. The van der Waals surface area contributed by atoms with Gasteiger partial charge >= 0.3 is 10.8 Å². The van der Waals surface area contributed by atoms with Gasteiger partial charge in [-0.2, -0.15) is 0 Å². The molecular weight excluding hydrogens is 685 g/mol. The van der Waals surface area contributed by atoms with Crippen molar-refractivity contribution in [3.8, 4) is 0 Å². The molecule has 1 saturated heterocycles. The van der Waals surface area contributed by atoms with E-state index in [1.54, 1.807) is 19.1 Å². The summed E-state index contributed by atoms with van der Waals surface area (Å²) in [6.07, 6.45) is 0. The summed E-state index contributed by atoms with van der Waals surface area (Å²) >= 11 is 2.18. The third-order valence-electron chi connectivity index (χ3n) is 9.43. The van der Waals surface area contributed by atoms with E-state index in [9.17, 15) is 24.0 Å². The molecule has 1 N–H and O–H groups in total. The topological polar surface area (TPSA) is 118 Å². The highest BCUT2D eigenvalue weighted by Crippen LogP contribution is 2.54. The fraction of sp³-hybridized carbons (Fsp3) is 0.256. The van der Waals surface area contributed by atoms with E-state index in [0.29, 0.717) is 26.8 Å². The van der Waals surface area contributed by atoms with Crippen molar-refractivity contribution in [3.05, 3.63) is 117 Å². The molecular formula is C39H36N4O6S2. The number of amides is 3. The molecule has 0 saturated carbocycles. The van der Waals surface area contributed by atoms with Gasteiger partial charge in [-0.25, -0.2) is 9.69 Å². The average Bonchev–Trinajstić information content (AvgIpc) is 3.58. The van der Waals surface area contributed by atoms with Crippen molar-refractivity contribution < 1.29 is 23.9 Å². The lowest BCUT2D eigenvalue weighted by molar-refractivity contribution is -0.122. The van der Waals surface area contributed by atoms with E-state index in [1.165, 1.54) is 21.6 Å². The number of rotatable bonds is 10. The van der Waals surface area contributed by atoms with Crippen molar-refractivity contribution in [2.24, 2.45) is 5.92 Å². The maximum absolute atomic E-state index is 14.4. The van der Waals surface area contributed by atoms with Crippen LogP contribution in [0.3, 0.4) is 0 Å². The number of thiazole rings is 1. The fourth-order valence-corrected chi connectivity index (χ4v) is 9.75. The number of anilines is 3. The third-order valence-corrected chi connectivity index (χ3v) is 12.0. The molecule has 10 nitrogen and oxygen atoms in total. The number of benzene rings is 4. The number of thioether (sulfide) groups is 1. The van der Waals surface area contributed by atoms with Gasteiger partial charge < -0.3 is 15.0 Å². The van der Waals surface area contributed by atoms with E-state index < -0.39 is 29.0 Å². The van der Waals surface area contributed by atoms with E-state index in [1.807, 2.05) is 66.7 Å². The molecule has 0 aliphatic carbocycles. The van der Waals surface area contributed by atoms with E-state index >= 15 is 0 Å². The number of ether oxygens (including phenoxy) is 1. The first-order valence-corrected chi connectivity index (χ1v) is 18.6. The summed E-state index contributed by atoms with van der Waals surface area (Å²) in [6, 6.07) is 27.5. The molecule has 2 aliphatic heterocycles. The monoisotopic (exact) mass is 720 g/mol. The first-order valence-electron chi connectivity index (χ1n) is 16.9. The quantitative estimate of drug-likeness (QED) is 0.128. The number of hydrogen-bond acceptors (Lipinski definition) is 9. The van der Waals surface area contributed by atoms with Crippen molar-refractivity contribution in [2.45, 2.75) is 43.5 Å². The van der Waals surface area contributed by atoms with E-state index in [-0.39, 0.29) is 29.8 Å². The number of aromatic nitrogens is 1. The molecule has 51 heavy (non-hydrogen) atoms. The van der Waals surface area contributed by atoms with Gasteiger partial charge in [0.1, 0.15) is 11.8 Å². The van der Waals surface area contributed by atoms with Crippen molar-refractivity contribution in [1.82, 2.24) is 4.57 Å². The maximum atomic E-state index is 14.4. The van der Waals surface area contributed by atoms with Crippen LogP contribution in [0.25, 0.3) is 10.8 Å². The average molecular weight is 721 g/mol. The maximum Gasteiger partial charge on any atom is 0.338 e. The number of esters is 1. The summed E-state index contributed by atoms with van der Waals surface area (Å²) in [5, 5.41) is 4.49. The molecule has 0 radical (unpaired) electrons. The van der Waals surface area contributed by atoms with Gasteiger partial charge in [-0.3, -0.25) is 23.7 Å². The van der Waals surface area contributed by atoms with Gasteiger partial charge in [0.15, 0.2) is 0 Å². The SMILES string of the molecule is CCOC(=O)c1ccc(N2C(=O)C3Sc4c(sc(=O)n4CC(=O)Nc4cccc5ccccc45)[C@H](c4ccc(N(CC)CC)cc4)C3C2=O)cc1. The van der Waals surface area contributed by atoms with Gasteiger partial charge in [-0.05, 0) is 74.2 Å². The van der Waals surface area contributed by atoms with Crippen molar-refractivity contribution >= 4 is 74.6 Å². The summed E-state index contributed by atoms with van der Waals surface area (Å²) < 4.78 is 6.52. The summed E-state index contributed by atoms with van der Waals surface area (Å²) in [6.45, 7) is 7.51. The molecule has 2 aliphatic rings. The zero-order chi connectivity index (χ0) is 35.8. The number of fused-ring (bicyclic) bond motifs is 3. The number of nitrogens with zero attached hydrogens (tertiary/aromatic N) is 3. The summed E-state index contributed by atoms with van der Waals surface area (Å²) in [5.41, 5.74) is 3.12. The molecule has 3 amide bonds. The molecule has 1 aromatic heterocycles. The van der Waals surface area contributed by atoms with Crippen molar-refractivity contribution in [1.29, 1.82) is 0 Å². The summed E-state index contributed by atoms with van der Waals surface area (Å²) in [5.74, 6) is -3.07. The molecule has 3 heterocycles. The van der Waals surface area contributed by atoms with Crippen LogP contribution in [0.4, 0.5) is 17.1 Å². The lowest BCUT2D eigenvalue weighted by Gasteiger charge is -2.31. The number of hydrogen-bond donors (Lipinski definition) is 1. The Bertz CT molecular complexity index is 2200. The van der Waals surface area contributed by atoms with Crippen LogP contribution in [-0.2, 0) is 25.7 Å². The van der Waals surface area contributed by atoms with Gasteiger partial charge in [0.2, 0.25) is 17.7 Å². The molecule has 1 fully saturated rings. The van der Waals surface area contributed by atoms with Crippen LogP contribution in [0.5, 0.6) is 0 Å². The highest BCUT2D eigenvalue weighted by Gasteiger charge is 2.56. The molecule has 0 spiro atoms. The Morgan fingerprint density at radius 2 is 1.55 bits per heavy atom. The largest absolute Gasteiger partial charge is 0.462 e. The second kappa shape index (κ2) is 14.2. The third kappa shape index (κ3) is 6.23. The van der Waals surface area contributed by atoms with Crippen LogP contribution >= 0.6 is 23.1 Å². The molecule has 260 valence electrons. The molecule has 7 rings (SSSR count). The van der Waals surface area contributed by atoms with Gasteiger partial charge in [0, 0.05) is 40.6 Å². The molecule has 12 heteroatoms. The van der Waals surface area contributed by atoms with E-state index in [0.717, 1.165) is 58.2 Å². The van der Waals surface area contributed by atoms with E-state index in [4.69, 9.17) is 4.74 Å². The smallest absolute Gasteiger partial charge is 0.338 e. The minimum atomic E-state index is -0.844. The molecule has 2 unspecified atom stereocenters. The van der Waals surface area contributed by atoms with Crippen LogP contribution in [0, 0.1) is 5.92 Å². The second-order valence-corrected chi connectivity index (χ2v) is 14.4. The predicted molar refractivity (Wildman–Crippen MR) is 201 cm³/mol. The fourth-order valence-electron chi connectivity index (χ4n) is 6.98. The van der Waals surface area contributed by atoms with Crippen LogP contribution in [0.2, 0.25) is 0 Å². The Hall–Kier alpha value is -5.20. The minimum absolute atomic E-state index is 0.224. The summed E-state index contributed by atoms with van der Waals surface area (Å²) in [4.78, 5) is 71.8. The minimum Gasteiger partial charge on any atom is -0.462 e. The molecule has 0 bridgehead atoms. The first-order chi connectivity index (χ1) is 24.7. The number of carbonyl (C=O) groups excluding carboxylic acids is 4.